The molecular weight excluding hydrogens is 238 g/mol. The van der Waals surface area contributed by atoms with Crippen LogP contribution in [0.1, 0.15) is 5.56 Å². The monoisotopic (exact) mass is 253 g/mol. The van der Waals surface area contributed by atoms with Crippen LogP contribution < -0.4 is 5.73 Å². The Morgan fingerprint density at radius 1 is 1.11 bits per heavy atom. The lowest BCUT2D eigenvalue weighted by atomic mass is 10.1. The van der Waals surface area contributed by atoms with Gasteiger partial charge in [0.05, 0.1) is 18.9 Å². The smallest absolute Gasteiger partial charge is 0.0690 e. The van der Waals surface area contributed by atoms with Crippen molar-refractivity contribution in [3.8, 4) is 11.1 Å². The average molecular weight is 253 g/mol. The molecule has 0 spiro atoms. The lowest BCUT2D eigenvalue weighted by Gasteiger charge is -1.99. The number of aromatic nitrogens is 4. The number of benzene rings is 1. The highest BCUT2D eigenvalue weighted by Crippen LogP contribution is 2.20. The first-order valence-corrected chi connectivity index (χ1v) is 6.06. The van der Waals surface area contributed by atoms with Gasteiger partial charge in [-0.2, -0.15) is 10.2 Å². The summed E-state index contributed by atoms with van der Waals surface area (Å²) < 4.78 is 3.69. The Morgan fingerprint density at radius 3 is 2.74 bits per heavy atom. The van der Waals surface area contributed by atoms with Gasteiger partial charge >= 0.3 is 0 Å². The van der Waals surface area contributed by atoms with Crippen LogP contribution in [0.15, 0.2) is 49.1 Å². The van der Waals surface area contributed by atoms with E-state index in [1.54, 1.807) is 4.68 Å². The van der Waals surface area contributed by atoms with Crippen LogP contribution >= 0.6 is 0 Å². The fraction of sp³-hybridized carbons (Fsp3) is 0.143. The van der Waals surface area contributed by atoms with Gasteiger partial charge in [0.25, 0.3) is 0 Å². The molecule has 0 saturated heterocycles. The molecule has 0 saturated carbocycles. The largest absolute Gasteiger partial charge is 0.399 e. The maximum absolute atomic E-state index is 5.79. The van der Waals surface area contributed by atoms with E-state index in [4.69, 9.17) is 5.73 Å². The van der Waals surface area contributed by atoms with E-state index in [1.165, 1.54) is 0 Å². The molecule has 3 aromatic rings. The molecule has 2 heterocycles. The fourth-order valence-electron chi connectivity index (χ4n) is 2.06. The Labute approximate surface area is 111 Å². The van der Waals surface area contributed by atoms with Gasteiger partial charge in [0, 0.05) is 36.3 Å². The fourth-order valence-corrected chi connectivity index (χ4v) is 2.06. The Kier molecular flexibility index (Phi) is 2.79. The predicted molar refractivity (Wildman–Crippen MR) is 74.4 cm³/mol. The summed E-state index contributed by atoms with van der Waals surface area (Å²) >= 11 is 0. The van der Waals surface area contributed by atoms with Crippen LogP contribution in [-0.2, 0) is 13.6 Å². The van der Waals surface area contributed by atoms with Crippen LogP contribution in [0.4, 0.5) is 5.69 Å². The highest BCUT2D eigenvalue weighted by molar-refractivity contribution is 5.65. The summed E-state index contributed by atoms with van der Waals surface area (Å²) in [5.74, 6) is 0. The molecule has 0 fully saturated rings. The zero-order valence-electron chi connectivity index (χ0n) is 10.7. The number of nitrogen functional groups attached to an aromatic ring is 1. The molecule has 2 aromatic heterocycles. The molecule has 0 atom stereocenters. The second kappa shape index (κ2) is 4.61. The van der Waals surface area contributed by atoms with Crippen LogP contribution in [0, 0.1) is 0 Å². The maximum Gasteiger partial charge on any atom is 0.0690 e. The number of rotatable bonds is 3. The molecule has 1 aromatic carbocycles. The molecule has 5 nitrogen and oxygen atoms in total. The highest BCUT2D eigenvalue weighted by atomic mass is 15.3. The number of hydrogen-bond acceptors (Lipinski definition) is 3. The second-order valence-electron chi connectivity index (χ2n) is 4.57. The second-order valence-corrected chi connectivity index (χ2v) is 4.57. The minimum atomic E-state index is 0.718. The van der Waals surface area contributed by atoms with E-state index in [0.717, 1.165) is 28.9 Å². The molecule has 3 rings (SSSR count). The van der Waals surface area contributed by atoms with Gasteiger partial charge in [-0.05, 0) is 17.7 Å². The van der Waals surface area contributed by atoms with Crippen molar-refractivity contribution in [3.63, 3.8) is 0 Å². The highest BCUT2D eigenvalue weighted by Gasteiger charge is 2.03. The summed E-state index contributed by atoms with van der Waals surface area (Å²) in [5, 5.41) is 8.51. The molecule has 2 N–H and O–H groups in total. The normalized spacial score (nSPS) is 10.8. The quantitative estimate of drug-likeness (QED) is 0.725. The minimum absolute atomic E-state index is 0.718. The number of anilines is 1. The van der Waals surface area contributed by atoms with E-state index in [2.05, 4.69) is 10.2 Å². The van der Waals surface area contributed by atoms with Gasteiger partial charge in [-0.15, -0.1) is 0 Å². The molecule has 0 aliphatic heterocycles. The van der Waals surface area contributed by atoms with E-state index in [-0.39, 0.29) is 0 Å². The van der Waals surface area contributed by atoms with E-state index >= 15 is 0 Å². The molecule has 0 aliphatic carbocycles. The Balaban J connectivity index is 1.83. The standard InChI is InChI=1S/C14H15N5/c1-18-8-11(6-16-18)9-19-10-13(7-17-19)12-3-2-4-14(15)5-12/h2-8,10H,9,15H2,1H3. The third kappa shape index (κ3) is 2.49. The Hall–Kier alpha value is -2.56. The van der Waals surface area contributed by atoms with Crippen molar-refractivity contribution in [1.29, 1.82) is 0 Å². The van der Waals surface area contributed by atoms with Crippen LogP contribution in [0.2, 0.25) is 0 Å². The number of nitrogens with zero attached hydrogens (tertiary/aromatic N) is 4. The number of hydrogen-bond donors (Lipinski definition) is 1. The number of aryl methyl sites for hydroxylation is 1. The van der Waals surface area contributed by atoms with Gasteiger partial charge in [-0.1, -0.05) is 12.1 Å². The van der Waals surface area contributed by atoms with E-state index in [1.807, 2.05) is 60.8 Å². The summed E-state index contributed by atoms with van der Waals surface area (Å²) in [7, 11) is 1.91. The van der Waals surface area contributed by atoms with Crippen molar-refractivity contribution >= 4 is 5.69 Å². The van der Waals surface area contributed by atoms with E-state index in [0.29, 0.717) is 0 Å². The SMILES string of the molecule is Cn1cc(Cn2cc(-c3cccc(N)c3)cn2)cn1. The molecule has 0 aliphatic rings. The van der Waals surface area contributed by atoms with E-state index < -0.39 is 0 Å². The predicted octanol–water partition coefficient (Wildman–Crippen LogP) is 1.91. The molecule has 0 amide bonds. The van der Waals surface area contributed by atoms with Gasteiger partial charge in [-0.25, -0.2) is 0 Å². The molecule has 19 heavy (non-hydrogen) atoms. The number of nitrogens with two attached hydrogens (primary N) is 1. The van der Waals surface area contributed by atoms with Crippen LogP contribution in [-0.4, -0.2) is 19.6 Å². The maximum atomic E-state index is 5.79. The average Bonchev–Trinajstić information content (AvgIpc) is 2.99. The molecule has 5 heteroatoms. The first-order chi connectivity index (χ1) is 9.20. The Bertz CT molecular complexity index is 695. The van der Waals surface area contributed by atoms with Crippen molar-refractivity contribution in [3.05, 3.63) is 54.6 Å². The third-order valence-electron chi connectivity index (χ3n) is 2.96. The molecule has 0 bridgehead atoms. The molecule has 0 unspecified atom stereocenters. The van der Waals surface area contributed by atoms with Crippen LogP contribution in [0.5, 0.6) is 0 Å². The first kappa shape index (κ1) is 11.5. The molecule has 0 radical (unpaired) electrons. The van der Waals surface area contributed by atoms with Crippen LogP contribution in [0.25, 0.3) is 11.1 Å². The summed E-state index contributed by atoms with van der Waals surface area (Å²) in [4.78, 5) is 0. The zero-order chi connectivity index (χ0) is 13.2. The van der Waals surface area contributed by atoms with Crippen LogP contribution in [0.3, 0.4) is 0 Å². The van der Waals surface area contributed by atoms with Crippen molar-refractivity contribution in [2.24, 2.45) is 7.05 Å². The summed E-state index contributed by atoms with van der Waals surface area (Å²) in [5.41, 5.74) is 9.83. The topological polar surface area (TPSA) is 61.7 Å². The third-order valence-corrected chi connectivity index (χ3v) is 2.96. The van der Waals surface area contributed by atoms with Gasteiger partial charge in [0.15, 0.2) is 0 Å². The van der Waals surface area contributed by atoms with E-state index in [9.17, 15) is 0 Å². The zero-order valence-corrected chi connectivity index (χ0v) is 10.7. The molecule has 96 valence electrons. The van der Waals surface area contributed by atoms with Gasteiger partial charge in [0.2, 0.25) is 0 Å². The van der Waals surface area contributed by atoms with Crippen molar-refractivity contribution in [2.75, 3.05) is 5.73 Å². The Morgan fingerprint density at radius 2 is 2.00 bits per heavy atom. The van der Waals surface area contributed by atoms with Gasteiger partial charge < -0.3 is 5.73 Å². The minimum Gasteiger partial charge on any atom is -0.399 e. The summed E-state index contributed by atoms with van der Waals surface area (Å²) in [6, 6.07) is 7.81. The lowest BCUT2D eigenvalue weighted by Crippen LogP contribution is -1.98. The summed E-state index contributed by atoms with van der Waals surface area (Å²) in [6.45, 7) is 0.718. The van der Waals surface area contributed by atoms with Crippen molar-refractivity contribution in [2.45, 2.75) is 6.54 Å². The molecular formula is C14H15N5. The van der Waals surface area contributed by atoms with Crippen molar-refractivity contribution < 1.29 is 0 Å². The van der Waals surface area contributed by atoms with Crippen molar-refractivity contribution in [1.82, 2.24) is 19.6 Å². The lowest BCUT2D eigenvalue weighted by molar-refractivity contribution is 0.685. The van der Waals surface area contributed by atoms with Gasteiger partial charge in [0.1, 0.15) is 0 Å². The van der Waals surface area contributed by atoms with Gasteiger partial charge in [-0.3, -0.25) is 9.36 Å². The first-order valence-electron chi connectivity index (χ1n) is 6.06. The summed E-state index contributed by atoms with van der Waals surface area (Å²) in [6.07, 6.45) is 7.70.